The molecule has 0 amide bonds. The van der Waals surface area contributed by atoms with Gasteiger partial charge in [-0.2, -0.15) is 0 Å². The maximum absolute atomic E-state index is 11.3. The first-order valence-corrected chi connectivity index (χ1v) is 6.52. The molecule has 0 saturated carbocycles. The Morgan fingerprint density at radius 2 is 1.83 bits per heavy atom. The Kier molecular flexibility index (Phi) is 15.4. The Labute approximate surface area is 112 Å². The predicted molar refractivity (Wildman–Crippen MR) is 75.6 cm³/mol. The number of nitrogens with one attached hydrogen (secondary N) is 1. The third-order valence-electron chi connectivity index (χ3n) is 2.47. The number of methoxy groups -OCH3 is 1. The molecule has 1 rings (SSSR count). The van der Waals surface area contributed by atoms with Crippen molar-refractivity contribution in [3.05, 3.63) is 12.8 Å². The smallest absolute Gasteiger partial charge is 0.152 e. The van der Waals surface area contributed by atoms with Gasteiger partial charge in [-0.3, -0.25) is 4.79 Å². The van der Waals surface area contributed by atoms with Gasteiger partial charge in [0, 0.05) is 27.4 Å². The first-order chi connectivity index (χ1) is 8.67. The van der Waals surface area contributed by atoms with Crippen LogP contribution in [-0.2, 0) is 14.3 Å². The minimum atomic E-state index is -0.0681. The highest BCUT2D eigenvalue weighted by Crippen LogP contribution is 2.19. The average Bonchev–Trinajstić information content (AvgIpc) is 2.40. The van der Waals surface area contributed by atoms with E-state index in [9.17, 15) is 4.79 Å². The van der Waals surface area contributed by atoms with Gasteiger partial charge in [0.1, 0.15) is 0 Å². The summed E-state index contributed by atoms with van der Waals surface area (Å²) in [7, 11) is 3.25. The zero-order valence-electron chi connectivity index (χ0n) is 12.5. The van der Waals surface area contributed by atoms with Crippen molar-refractivity contribution in [3.8, 4) is 0 Å². The summed E-state index contributed by atoms with van der Waals surface area (Å²) in [5, 5.41) is 3.01. The van der Waals surface area contributed by atoms with E-state index in [1.54, 1.807) is 27.3 Å². The lowest BCUT2D eigenvalue weighted by Crippen LogP contribution is -2.41. The summed E-state index contributed by atoms with van der Waals surface area (Å²) in [5.74, 6) is 0.594. The van der Waals surface area contributed by atoms with Gasteiger partial charge in [0.2, 0.25) is 0 Å². The van der Waals surface area contributed by atoms with Crippen LogP contribution in [0.1, 0.15) is 33.6 Å². The summed E-state index contributed by atoms with van der Waals surface area (Å²) in [6.07, 6.45) is 3.53. The normalized spacial score (nSPS) is 16.3. The van der Waals surface area contributed by atoms with Crippen LogP contribution in [0.2, 0.25) is 0 Å². The Bertz CT molecular complexity index is 201. The molecule has 0 aromatic rings. The molecule has 0 bridgehead atoms. The first kappa shape index (κ1) is 19.5. The highest BCUT2D eigenvalue weighted by Gasteiger charge is 2.26. The highest BCUT2D eigenvalue weighted by atomic mass is 16.5. The fraction of sp³-hybridized carbons (Fsp3) is 0.786. The molecule has 1 atom stereocenters. The second-order valence-electron chi connectivity index (χ2n) is 3.82. The summed E-state index contributed by atoms with van der Waals surface area (Å²) in [5.41, 5.74) is 0. The molecule has 108 valence electrons. The Morgan fingerprint density at radius 1 is 1.39 bits per heavy atom. The van der Waals surface area contributed by atoms with Crippen LogP contribution in [0.15, 0.2) is 12.8 Å². The van der Waals surface area contributed by atoms with Crippen molar-refractivity contribution in [1.82, 2.24) is 5.32 Å². The van der Waals surface area contributed by atoms with E-state index in [1.807, 2.05) is 13.8 Å². The maximum Gasteiger partial charge on any atom is 0.152 e. The van der Waals surface area contributed by atoms with E-state index in [-0.39, 0.29) is 11.8 Å². The summed E-state index contributed by atoms with van der Waals surface area (Å²) in [4.78, 5) is 11.3. The fourth-order valence-electron chi connectivity index (χ4n) is 1.76. The number of rotatable bonds is 4. The summed E-state index contributed by atoms with van der Waals surface area (Å²) < 4.78 is 9.49. The van der Waals surface area contributed by atoms with E-state index in [2.05, 4.69) is 16.6 Å². The standard InChI is InChI=1S/C10H17NO2.C2H6O.C2H6/c1-3-11-10(8(2)12)9-4-6-13-7-5-9;1-3-2;1-2/h3,9-11H,1,4-7H2,2H3;1-2H3;1-2H3. The lowest BCUT2D eigenvalue weighted by Gasteiger charge is -2.28. The summed E-state index contributed by atoms with van der Waals surface area (Å²) in [6, 6.07) is -0.0681. The van der Waals surface area contributed by atoms with E-state index in [1.165, 1.54) is 0 Å². The molecule has 1 aliphatic heterocycles. The molecule has 0 aromatic heterocycles. The van der Waals surface area contributed by atoms with Crippen molar-refractivity contribution in [2.75, 3.05) is 27.4 Å². The molecule has 18 heavy (non-hydrogen) atoms. The van der Waals surface area contributed by atoms with Gasteiger partial charge in [-0.15, -0.1) is 0 Å². The number of hydrogen-bond acceptors (Lipinski definition) is 4. The Balaban J connectivity index is 0. The van der Waals surface area contributed by atoms with E-state index >= 15 is 0 Å². The molecule has 1 fully saturated rings. The molecule has 4 heteroatoms. The monoisotopic (exact) mass is 259 g/mol. The molecule has 4 nitrogen and oxygen atoms in total. The fourth-order valence-corrected chi connectivity index (χ4v) is 1.76. The topological polar surface area (TPSA) is 47.6 Å². The molecule has 0 radical (unpaired) electrons. The minimum Gasteiger partial charge on any atom is -0.388 e. The van der Waals surface area contributed by atoms with Crippen molar-refractivity contribution in [2.45, 2.75) is 39.7 Å². The molecule has 1 aliphatic rings. The predicted octanol–water partition coefficient (Wildman–Crippen LogP) is 2.39. The molecule has 1 unspecified atom stereocenters. The van der Waals surface area contributed by atoms with E-state index in [4.69, 9.17) is 4.74 Å². The van der Waals surface area contributed by atoms with Gasteiger partial charge >= 0.3 is 0 Å². The summed E-state index contributed by atoms with van der Waals surface area (Å²) >= 11 is 0. The number of ketones is 1. The molecular formula is C14H29NO3. The lowest BCUT2D eigenvalue weighted by molar-refractivity contribution is -0.120. The molecule has 0 spiro atoms. The second kappa shape index (κ2) is 14.2. The third kappa shape index (κ3) is 9.19. The van der Waals surface area contributed by atoms with Gasteiger partial charge in [-0.1, -0.05) is 20.4 Å². The van der Waals surface area contributed by atoms with Crippen LogP contribution in [0.3, 0.4) is 0 Å². The van der Waals surface area contributed by atoms with Crippen molar-refractivity contribution in [1.29, 1.82) is 0 Å². The van der Waals surface area contributed by atoms with Gasteiger partial charge in [-0.25, -0.2) is 0 Å². The molecule has 0 aliphatic carbocycles. The Morgan fingerprint density at radius 3 is 2.17 bits per heavy atom. The number of hydrogen-bond donors (Lipinski definition) is 1. The van der Waals surface area contributed by atoms with Crippen LogP contribution in [0.25, 0.3) is 0 Å². The molecular weight excluding hydrogens is 230 g/mol. The van der Waals surface area contributed by atoms with Gasteiger partial charge in [0.25, 0.3) is 0 Å². The largest absolute Gasteiger partial charge is 0.388 e. The zero-order chi connectivity index (χ0) is 14.4. The molecule has 1 heterocycles. The van der Waals surface area contributed by atoms with Crippen molar-refractivity contribution >= 4 is 5.78 Å². The van der Waals surface area contributed by atoms with Crippen molar-refractivity contribution in [3.63, 3.8) is 0 Å². The van der Waals surface area contributed by atoms with Gasteiger partial charge in [0.15, 0.2) is 5.78 Å². The zero-order valence-corrected chi connectivity index (χ0v) is 12.5. The average molecular weight is 259 g/mol. The third-order valence-corrected chi connectivity index (χ3v) is 2.47. The van der Waals surface area contributed by atoms with Gasteiger partial charge in [0.05, 0.1) is 6.04 Å². The van der Waals surface area contributed by atoms with Crippen molar-refractivity contribution < 1.29 is 14.3 Å². The van der Waals surface area contributed by atoms with Crippen molar-refractivity contribution in [2.24, 2.45) is 5.92 Å². The number of ether oxygens (including phenoxy) is 2. The first-order valence-electron chi connectivity index (χ1n) is 6.52. The number of carbonyl (C=O) groups excluding carboxylic acids is 1. The van der Waals surface area contributed by atoms with Crippen LogP contribution < -0.4 is 5.32 Å². The van der Waals surface area contributed by atoms with Gasteiger partial charge < -0.3 is 14.8 Å². The van der Waals surface area contributed by atoms with Crippen LogP contribution in [0, 0.1) is 5.92 Å². The Hall–Kier alpha value is -0.870. The van der Waals surface area contributed by atoms with Crippen LogP contribution in [-0.4, -0.2) is 39.3 Å². The van der Waals surface area contributed by atoms with Crippen LogP contribution in [0.4, 0.5) is 0 Å². The maximum atomic E-state index is 11.3. The van der Waals surface area contributed by atoms with E-state index in [0.717, 1.165) is 26.1 Å². The van der Waals surface area contributed by atoms with Gasteiger partial charge in [-0.05, 0) is 31.9 Å². The lowest BCUT2D eigenvalue weighted by atomic mass is 9.89. The number of Topliss-reactive ketones (excluding diaryl/α,β-unsaturated/α-hetero) is 1. The molecule has 1 N–H and O–H groups in total. The summed E-state index contributed by atoms with van der Waals surface area (Å²) in [6.45, 7) is 10.7. The van der Waals surface area contributed by atoms with E-state index < -0.39 is 0 Å². The molecule has 0 aromatic carbocycles. The molecule has 1 saturated heterocycles. The highest BCUT2D eigenvalue weighted by molar-refractivity contribution is 5.81. The SMILES string of the molecule is C=CNC(C(C)=O)C1CCOCC1.CC.COC. The quantitative estimate of drug-likeness (QED) is 0.842. The van der Waals surface area contributed by atoms with Crippen LogP contribution >= 0.6 is 0 Å². The minimum absolute atomic E-state index is 0.0681. The number of carbonyl (C=O) groups is 1. The second-order valence-corrected chi connectivity index (χ2v) is 3.82. The van der Waals surface area contributed by atoms with E-state index in [0.29, 0.717) is 5.92 Å². The van der Waals surface area contributed by atoms with Crippen LogP contribution in [0.5, 0.6) is 0 Å².